The smallest absolute Gasteiger partial charge is 0.0406 e. The van der Waals surface area contributed by atoms with E-state index in [4.69, 9.17) is 11.6 Å². The predicted molar refractivity (Wildman–Crippen MR) is 135 cm³/mol. The van der Waals surface area contributed by atoms with Crippen molar-refractivity contribution >= 4 is 11.6 Å². The van der Waals surface area contributed by atoms with E-state index in [0.717, 1.165) is 18.0 Å². The molecule has 0 aliphatic rings. The van der Waals surface area contributed by atoms with Crippen LogP contribution in [0.5, 0.6) is 0 Å². The van der Waals surface area contributed by atoms with Gasteiger partial charge in [-0.2, -0.15) is 0 Å². The summed E-state index contributed by atoms with van der Waals surface area (Å²) >= 11 is 5.71. The van der Waals surface area contributed by atoms with Crippen LogP contribution in [-0.4, -0.2) is 7.05 Å². The van der Waals surface area contributed by atoms with Crippen molar-refractivity contribution in [2.75, 3.05) is 7.05 Å². The summed E-state index contributed by atoms with van der Waals surface area (Å²) < 4.78 is 0. The van der Waals surface area contributed by atoms with Gasteiger partial charge in [-0.05, 0) is 62.6 Å². The molecule has 3 rings (SSSR count). The third-order valence-electron chi connectivity index (χ3n) is 4.61. The Morgan fingerprint density at radius 1 is 0.600 bits per heavy atom. The molecule has 1 N–H and O–H groups in total. The minimum absolute atomic E-state index is 0.819. The molecule has 3 aromatic rings. The lowest BCUT2D eigenvalue weighted by molar-refractivity contribution is 0.817. The summed E-state index contributed by atoms with van der Waals surface area (Å²) in [7, 11) is 1.96. The summed E-state index contributed by atoms with van der Waals surface area (Å²) in [5.74, 6) is 0. The minimum atomic E-state index is 0.819. The van der Waals surface area contributed by atoms with Gasteiger partial charge in [0.25, 0.3) is 0 Å². The zero-order valence-electron chi connectivity index (χ0n) is 19.3. The fourth-order valence-corrected chi connectivity index (χ4v) is 3.02. The van der Waals surface area contributed by atoms with Crippen molar-refractivity contribution in [3.63, 3.8) is 0 Å². The first-order chi connectivity index (χ1) is 14.5. The second-order valence-electron chi connectivity index (χ2n) is 7.63. The van der Waals surface area contributed by atoms with Crippen molar-refractivity contribution in [2.45, 2.75) is 59.9 Å². The zero-order valence-corrected chi connectivity index (χ0v) is 20.1. The lowest BCUT2D eigenvalue weighted by Gasteiger charge is -1.98. The molecular weight excluding hydrogens is 386 g/mol. The monoisotopic (exact) mass is 423 g/mol. The van der Waals surface area contributed by atoms with Crippen LogP contribution in [0.4, 0.5) is 0 Å². The number of benzene rings is 3. The lowest BCUT2D eigenvalue weighted by Crippen LogP contribution is -2.04. The van der Waals surface area contributed by atoms with Gasteiger partial charge >= 0.3 is 0 Å². The highest BCUT2D eigenvalue weighted by molar-refractivity contribution is 6.30. The predicted octanol–water partition coefficient (Wildman–Crippen LogP) is 7.95. The molecule has 162 valence electrons. The number of rotatable bonds is 6. The minimum Gasteiger partial charge on any atom is -0.316 e. The quantitative estimate of drug-likeness (QED) is 0.424. The molecule has 0 fully saturated rings. The number of hydrogen-bond acceptors (Lipinski definition) is 1. The molecule has 1 nitrogen and oxygen atoms in total. The number of halogens is 1. The summed E-state index contributed by atoms with van der Waals surface area (Å²) in [4.78, 5) is 0. The normalized spacial score (nSPS) is 9.80. The van der Waals surface area contributed by atoms with Gasteiger partial charge in [0.2, 0.25) is 0 Å². The van der Waals surface area contributed by atoms with Crippen molar-refractivity contribution in [1.82, 2.24) is 5.32 Å². The second-order valence-corrected chi connectivity index (χ2v) is 8.06. The van der Waals surface area contributed by atoms with Gasteiger partial charge in [-0.15, -0.1) is 0 Å². The Hall–Kier alpha value is -2.09. The summed E-state index contributed by atoms with van der Waals surface area (Å²) in [5.41, 5.74) is 6.83. The molecule has 0 bridgehead atoms. The van der Waals surface area contributed by atoms with Crippen LogP contribution < -0.4 is 5.32 Å². The van der Waals surface area contributed by atoms with Crippen LogP contribution in [0, 0.1) is 13.8 Å². The van der Waals surface area contributed by atoms with Crippen molar-refractivity contribution in [3.05, 3.63) is 106 Å². The fourth-order valence-electron chi connectivity index (χ4n) is 2.89. The Bertz CT molecular complexity index is 677. The van der Waals surface area contributed by atoms with E-state index in [1.807, 2.05) is 19.2 Å². The molecule has 0 aliphatic carbocycles. The van der Waals surface area contributed by atoms with Gasteiger partial charge in [-0.25, -0.2) is 0 Å². The molecule has 0 saturated heterocycles. The number of aryl methyl sites for hydroxylation is 4. The number of nitrogens with one attached hydrogen (secondary N) is 1. The van der Waals surface area contributed by atoms with Crippen LogP contribution in [0.1, 0.15) is 54.5 Å². The van der Waals surface area contributed by atoms with Gasteiger partial charge in [-0.1, -0.05) is 110 Å². The molecule has 0 amide bonds. The van der Waals surface area contributed by atoms with E-state index < -0.39 is 0 Å². The van der Waals surface area contributed by atoms with Gasteiger partial charge in [-0.3, -0.25) is 0 Å². The van der Waals surface area contributed by atoms with Gasteiger partial charge < -0.3 is 5.32 Å². The molecular formula is C28H38ClN. The van der Waals surface area contributed by atoms with Crippen LogP contribution in [0.15, 0.2) is 72.8 Å². The molecule has 0 radical (unpaired) electrons. The Morgan fingerprint density at radius 2 is 0.967 bits per heavy atom. The van der Waals surface area contributed by atoms with Crippen LogP contribution in [0.2, 0.25) is 5.02 Å². The summed E-state index contributed by atoms with van der Waals surface area (Å²) in [6, 6.07) is 25.3. The molecule has 0 aliphatic heterocycles. The molecule has 0 atom stereocenters. The van der Waals surface area contributed by atoms with Gasteiger partial charge in [0.05, 0.1) is 0 Å². The van der Waals surface area contributed by atoms with E-state index in [1.165, 1.54) is 47.1 Å². The fraction of sp³-hybridized carbons (Fsp3) is 0.357. The molecule has 0 aromatic heterocycles. The maximum absolute atomic E-state index is 5.71. The Balaban J connectivity index is 0.000000225. The van der Waals surface area contributed by atoms with Gasteiger partial charge in [0.1, 0.15) is 0 Å². The maximum Gasteiger partial charge on any atom is 0.0406 e. The van der Waals surface area contributed by atoms with Crippen LogP contribution in [-0.2, 0) is 19.4 Å². The summed E-state index contributed by atoms with van der Waals surface area (Å²) in [6.07, 6.45) is 4.79. The second kappa shape index (κ2) is 15.7. The Labute approximate surface area is 189 Å². The SMILES string of the molecule is CCCc1ccc(C)cc1.CCCc1ccc(Cl)cc1.CNCc1ccc(C)cc1. The average Bonchev–Trinajstić information content (AvgIpc) is 2.75. The van der Waals surface area contributed by atoms with Gasteiger partial charge in [0, 0.05) is 11.6 Å². The highest BCUT2D eigenvalue weighted by Gasteiger charge is 1.90. The van der Waals surface area contributed by atoms with E-state index in [1.54, 1.807) is 0 Å². The maximum atomic E-state index is 5.71. The first kappa shape index (κ1) is 25.9. The summed E-state index contributed by atoms with van der Waals surface area (Å²) in [5, 5.41) is 3.92. The van der Waals surface area contributed by atoms with Crippen molar-refractivity contribution < 1.29 is 0 Å². The number of hydrogen-bond donors (Lipinski definition) is 1. The molecule has 2 heteroatoms. The van der Waals surface area contributed by atoms with Crippen molar-refractivity contribution in [3.8, 4) is 0 Å². The largest absolute Gasteiger partial charge is 0.316 e. The standard InChI is InChI=1S/C10H14.C9H11Cl.C9H13N/c1-3-4-10-7-5-9(2)6-8-10;1-2-3-8-4-6-9(10)7-5-8;1-8-3-5-9(6-4-8)7-10-2/h5-8H,3-4H2,1-2H3;4-7H,2-3H2,1H3;3-6,10H,7H2,1-2H3. The zero-order chi connectivity index (χ0) is 22.2. The highest BCUT2D eigenvalue weighted by atomic mass is 35.5. The molecule has 0 heterocycles. The first-order valence-corrected chi connectivity index (χ1v) is 11.4. The molecule has 0 spiro atoms. The third-order valence-corrected chi connectivity index (χ3v) is 4.86. The average molecular weight is 424 g/mol. The molecule has 3 aromatic carbocycles. The van der Waals surface area contributed by atoms with E-state index >= 15 is 0 Å². The van der Waals surface area contributed by atoms with Crippen molar-refractivity contribution in [2.24, 2.45) is 0 Å². The highest BCUT2D eigenvalue weighted by Crippen LogP contribution is 2.10. The van der Waals surface area contributed by atoms with Gasteiger partial charge in [0.15, 0.2) is 0 Å². The van der Waals surface area contributed by atoms with Crippen LogP contribution in [0.25, 0.3) is 0 Å². The van der Waals surface area contributed by atoms with Crippen molar-refractivity contribution in [1.29, 1.82) is 0 Å². The summed E-state index contributed by atoms with van der Waals surface area (Å²) in [6.45, 7) is 9.56. The Kier molecular flexibility index (Phi) is 13.6. The van der Waals surface area contributed by atoms with E-state index in [0.29, 0.717) is 0 Å². The Morgan fingerprint density at radius 3 is 1.33 bits per heavy atom. The molecule has 0 saturated carbocycles. The molecule has 30 heavy (non-hydrogen) atoms. The van der Waals surface area contributed by atoms with Crippen LogP contribution >= 0.6 is 11.6 Å². The van der Waals surface area contributed by atoms with E-state index in [2.05, 4.69) is 93.7 Å². The van der Waals surface area contributed by atoms with Crippen LogP contribution in [0.3, 0.4) is 0 Å². The van der Waals surface area contributed by atoms with E-state index in [9.17, 15) is 0 Å². The topological polar surface area (TPSA) is 12.0 Å². The van der Waals surface area contributed by atoms with E-state index in [-0.39, 0.29) is 0 Å². The lowest BCUT2D eigenvalue weighted by atomic mass is 10.1. The third kappa shape index (κ3) is 11.8. The molecule has 0 unspecified atom stereocenters. The first-order valence-electron chi connectivity index (χ1n) is 11.0.